The van der Waals surface area contributed by atoms with Crippen LogP contribution in [-0.2, 0) is 4.79 Å². The molecule has 7 nitrogen and oxygen atoms in total. The Morgan fingerprint density at radius 1 is 0.852 bits per heavy atom. The third-order valence-electron chi connectivity index (χ3n) is 3.77. The summed E-state index contributed by atoms with van der Waals surface area (Å²) in [6, 6.07) is 17.2. The van der Waals surface area contributed by atoms with Crippen LogP contribution in [0.4, 0.5) is 34.5 Å². The van der Waals surface area contributed by atoms with Gasteiger partial charge in [0.2, 0.25) is 11.9 Å². The van der Waals surface area contributed by atoms with Crippen molar-refractivity contribution in [1.29, 1.82) is 0 Å². The molecule has 0 aliphatic rings. The minimum absolute atomic E-state index is 0.0964. The zero-order valence-electron chi connectivity index (χ0n) is 15.5. The molecule has 0 aliphatic carbocycles. The summed E-state index contributed by atoms with van der Waals surface area (Å²) in [6.45, 7) is 1.48. The van der Waals surface area contributed by atoms with E-state index in [2.05, 4.69) is 25.9 Å². The van der Waals surface area contributed by atoms with E-state index in [0.717, 1.165) is 22.7 Å². The summed E-state index contributed by atoms with van der Waals surface area (Å²) in [7, 11) is 4.01. The molecule has 7 heteroatoms. The van der Waals surface area contributed by atoms with E-state index in [9.17, 15) is 4.79 Å². The normalized spacial score (nSPS) is 10.2. The summed E-state index contributed by atoms with van der Waals surface area (Å²) in [6.07, 6.45) is 1.69. The second-order valence-corrected chi connectivity index (χ2v) is 6.22. The van der Waals surface area contributed by atoms with Crippen molar-refractivity contribution in [2.45, 2.75) is 6.92 Å². The van der Waals surface area contributed by atoms with Gasteiger partial charge in [0.15, 0.2) is 0 Å². The molecule has 0 unspecified atom stereocenters. The maximum absolute atomic E-state index is 11.1. The predicted octanol–water partition coefficient (Wildman–Crippen LogP) is 3.99. The molecule has 0 bridgehead atoms. The van der Waals surface area contributed by atoms with E-state index in [-0.39, 0.29) is 5.91 Å². The van der Waals surface area contributed by atoms with E-state index >= 15 is 0 Å². The molecular weight excluding hydrogens is 340 g/mol. The van der Waals surface area contributed by atoms with Crippen LogP contribution in [0.3, 0.4) is 0 Å². The van der Waals surface area contributed by atoms with Gasteiger partial charge < -0.3 is 20.9 Å². The number of carbonyl (C=O) groups is 1. The molecule has 1 aromatic heterocycles. The quantitative estimate of drug-likeness (QED) is 0.615. The second-order valence-electron chi connectivity index (χ2n) is 6.22. The van der Waals surface area contributed by atoms with Crippen LogP contribution in [0.5, 0.6) is 0 Å². The highest BCUT2D eigenvalue weighted by molar-refractivity contribution is 5.88. The van der Waals surface area contributed by atoms with E-state index in [1.54, 1.807) is 12.3 Å². The van der Waals surface area contributed by atoms with Crippen molar-refractivity contribution in [3.05, 3.63) is 60.8 Å². The molecule has 3 aromatic rings. The van der Waals surface area contributed by atoms with E-state index in [1.165, 1.54) is 6.92 Å². The summed E-state index contributed by atoms with van der Waals surface area (Å²) in [5.74, 6) is 1.08. The lowest BCUT2D eigenvalue weighted by atomic mass is 10.2. The van der Waals surface area contributed by atoms with Crippen molar-refractivity contribution in [2.75, 3.05) is 34.9 Å². The molecule has 27 heavy (non-hydrogen) atoms. The summed E-state index contributed by atoms with van der Waals surface area (Å²) < 4.78 is 0. The molecule has 3 rings (SSSR count). The van der Waals surface area contributed by atoms with Gasteiger partial charge in [0.1, 0.15) is 5.82 Å². The molecule has 1 heterocycles. The van der Waals surface area contributed by atoms with E-state index in [1.807, 2.05) is 67.5 Å². The number of rotatable bonds is 6. The Labute approximate surface area is 158 Å². The fourth-order valence-electron chi connectivity index (χ4n) is 2.45. The first-order chi connectivity index (χ1) is 13.0. The van der Waals surface area contributed by atoms with E-state index in [0.29, 0.717) is 11.8 Å². The molecule has 0 saturated heterocycles. The third kappa shape index (κ3) is 5.18. The zero-order chi connectivity index (χ0) is 19.2. The standard InChI is InChI=1S/C20H22N6O/c1-14(27)22-15-4-6-16(7-5-15)23-19-12-13-21-20(25-19)24-17-8-10-18(11-9-17)26(2)3/h4-13H,1-3H3,(H,22,27)(H2,21,23,24,25). The Morgan fingerprint density at radius 2 is 1.44 bits per heavy atom. The SMILES string of the molecule is CC(=O)Nc1ccc(Nc2ccnc(Nc3ccc(N(C)C)cc3)n2)cc1. The fraction of sp³-hybridized carbons (Fsp3) is 0.150. The van der Waals surface area contributed by atoms with Crippen LogP contribution < -0.4 is 20.9 Å². The van der Waals surface area contributed by atoms with Crippen LogP contribution in [0.1, 0.15) is 6.92 Å². The van der Waals surface area contributed by atoms with Gasteiger partial charge in [0, 0.05) is 50.0 Å². The van der Waals surface area contributed by atoms with Crippen molar-refractivity contribution >= 4 is 40.4 Å². The first-order valence-corrected chi connectivity index (χ1v) is 8.52. The molecule has 1 amide bonds. The molecule has 3 N–H and O–H groups in total. The van der Waals surface area contributed by atoms with Crippen LogP contribution >= 0.6 is 0 Å². The maximum atomic E-state index is 11.1. The van der Waals surface area contributed by atoms with Gasteiger partial charge in [0.05, 0.1) is 0 Å². The van der Waals surface area contributed by atoms with Gasteiger partial charge in [-0.15, -0.1) is 0 Å². The number of nitrogens with one attached hydrogen (secondary N) is 3. The Balaban J connectivity index is 1.67. The highest BCUT2D eigenvalue weighted by Gasteiger charge is 2.03. The van der Waals surface area contributed by atoms with E-state index < -0.39 is 0 Å². The first-order valence-electron chi connectivity index (χ1n) is 8.52. The molecule has 138 valence electrons. The topological polar surface area (TPSA) is 82.2 Å². The molecular formula is C20H22N6O. The van der Waals surface area contributed by atoms with Crippen LogP contribution in [0.15, 0.2) is 60.8 Å². The number of aromatic nitrogens is 2. The highest BCUT2D eigenvalue weighted by Crippen LogP contribution is 2.21. The summed E-state index contributed by atoms with van der Waals surface area (Å²) in [5, 5.41) is 9.16. The minimum Gasteiger partial charge on any atom is -0.378 e. The number of hydrogen-bond donors (Lipinski definition) is 3. The summed E-state index contributed by atoms with van der Waals surface area (Å²) in [4.78, 5) is 21.9. The number of hydrogen-bond acceptors (Lipinski definition) is 6. The number of benzene rings is 2. The smallest absolute Gasteiger partial charge is 0.229 e. The van der Waals surface area contributed by atoms with Crippen molar-refractivity contribution in [3.8, 4) is 0 Å². The maximum Gasteiger partial charge on any atom is 0.229 e. The van der Waals surface area contributed by atoms with Crippen LogP contribution in [-0.4, -0.2) is 30.0 Å². The van der Waals surface area contributed by atoms with Gasteiger partial charge in [-0.25, -0.2) is 4.98 Å². The average Bonchev–Trinajstić information content (AvgIpc) is 2.64. The summed E-state index contributed by atoms with van der Waals surface area (Å²) in [5.41, 5.74) is 3.65. The van der Waals surface area contributed by atoms with Crippen molar-refractivity contribution in [3.63, 3.8) is 0 Å². The van der Waals surface area contributed by atoms with Gasteiger partial charge in [-0.2, -0.15) is 4.98 Å². The Kier molecular flexibility index (Phi) is 5.51. The Morgan fingerprint density at radius 3 is 2.07 bits per heavy atom. The van der Waals surface area contributed by atoms with Crippen molar-refractivity contribution in [2.24, 2.45) is 0 Å². The van der Waals surface area contributed by atoms with Gasteiger partial charge in [-0.1, -0.05) is 0 Å². The molecule has 0 spiro atoms. The zero-order valence-corrected chi connectivity index (χ0v) is 15.5. The van der Waals surface area contributed by atoms with Gasteiger partial charge in [-0.3, -0.25) is 4.79 Å². The minimum atomic E-state index is -0.0964. The molecule has 0 radical (unpaired) electrons. The predicted molar refractivity (Wildman–Crippen MR) is 110 cm³/mol. The molecule has 0 atom stereocenters. The number of nitrogens with zero attached hydrogens (tertiary/aromatic N) is 3. The molecule has 2 aromatic carbocycles. The van der Waals surface area contributed by atoms with Crippen molar-refractivity contribution in [1.82, 2.24) is 9.97 Å². The van der Waals surface area contributed by atoms with Crippen LogP contribution in [0.2, 0.25) is 0 Å². The molecule has 0 fully saturated rings. The Bertz CT molecular complexity index is 907. The lowest BCUT2D eigenvalue weighted by Gasteiger charge is -2.13. The average molecular weight is 362 g/mol. The fourth-order valence-corrected chi connectivity index (χ4v) is 2.45. The van der Waals surface area contributed by atoms with Gasteiger partial charge >= 0.3 is 0 Å². The molecule has 0 saturated carbocycles. The third-order valence-corrected chi connectivity index (χ3v) is 3.77. The number of anilines is 6. The number of carbonyl (C=O) groups excluding carboxylic acids is 1. The second kappa shape index (κ2) is 8.18. The largest absolute Gasteiger partial charge is 0.378 e. The van der Waals surface area contributed by atoms with E-state index in [4.69, 9.17) is 0 Å². The highest BCUT2D eigenvalue weighted by atomic mass is 16.1. The Hall–Kier alpha value is -3.61. The molecule has 0 aliphatic heterocycles. The summed E-state index contributed by atoms with van der Waals surface area (Å²) >= 11 is 0. The van der Waals surface area contributed by atoms with Gasteiger partial charge in [0.25, 0.3) is 0 Å². The lowest BCUT2D eigenvalue weighted by Crippen LogP contribution is -2.08. The monoisotopic (exact) mass is 362 g/mol. The number of amides is 1. The van der Waals surface area contributed by atoms with Gasteiger partial charge in [-0.05, 0) is 54.6 Å². The van der Waals surface area contributed by atoms with Crippen molar-refractivity contribution < 1.29 is 4.79 Å². The first kappa shape index (κ1) is 18.2. The van der Waals surface area contributed by atoms with Crippen LogP contribution in [0, 0.1) is 0 Å². The lowest BCUT2D eigenvalue weighted by molar-refractivity contribution is -0.114. The van der Waals surface area contributed by atoms with Crippen LogP contribution in [0.25, 0.3) is 0 Å².